The number of allylic oxidation sites excluding steroid dienone is 4. The molecule has 0 spiro atoms. The standard InChI is InChI=1S/C32H8N4O2S6/c1-35-13(11-33)21-23(27(37)25-29-19(7-9-39-29)43-31(21)25)17-5-3-15(41-17)16-4-6-18(42-16)24-22(14(12-34)36-2)32-26(28(24)38)30-20(44-32)8-10-40-30/h3-10H/b16-15+,21-13-,22-14+,23-17-,24-18-. The van der Waals surface area contributed by atoms with Crippen LogP contribution in [-0.4, -0.2) is 11.6 Å². The smallest absolute Gasteiger partial charge is 0.271 e. The number of thiophene rings is 6. The van der Waals surface area contributed by atoms with Gasteiger partial charge in [0.05, 0.1) is 45.8 Å². The maximum atomic E-state index is 13.8. The van der Waals surface area contributed by atoms with Gasteiger partial charge in [0, 0.05) is 59.6 Å². The van der Waals surface area contributed by atoms with Crippen molar-refractivity contribution in [3.63, 3.8) is 0 Å². The predicted molar refractivity (Wildman–Crippen MR) is 179 cm³/mol. The normalized spacial score (nSPS) is 19.5. The number of nitrogens with zero attached hydrogens (tertiary/aromatic N) is 4. The van der Waals surface area contributed by atoms with Crippen molar-refractivity contribution in [1.82, 2.24) is 0 Å². The van der Waals surface area contributed by atoms with E-state index in [0.717, 1.165) is 27.9 Å². The summed E-state index contributed by atoms with van der Waals surface area (Å²) in [6.07, 6.45) is 0. The highest BCUT2D eigenvalue weighted by atomic mass is 32.1. The zero-order valence-corrected chi connectivity index (χ0v) is 26.6. The molecule has 6 aromatic rings. The Hall–Kier alpha value is -4.76. The van der Waals surface area contributed by atoms with Crippen LogP contribution in [0.2, 0.25) is 0 Å². The van der Waals surface area contributed by atoms with Gasteiger partial charge in [0.15, 0.2) is 11.6 Å². The quantitative estimate of drug-likeness (QED) is 0.121. The third-order valence-electron chi connectivity index (χ3n) is 7.31. The van der Waals surface area contributed by atoms with E-state index in [9.17, 15) is 20.1 Å². The molecule has 12 heteroatoms. The maximum absolute atomic E-state index is 13.8. The van der Waals surface area contributed by atoms with Crippen LogP contribution in [-0.2, 0) is 0 Å². The molecule has 0 saturated heterocycles. The van der Waals surface area contributed by atoms with Gasteiger partial charge in [-0.15, -0.1) is 68.0 Å². The highest BCUT2D eigenvalue weighted by molar-refractivity contribution is 7.29. The summed E-state index contributed by atoms with van der Waals surface area (Å²) in [5, 5.41) is 23.4. The molecule has 2 aliphatic rings. The fourth-order valence-corrected chi connectivity index (χ4v) is 12.5. The Bertz CT molecular complexity index is 2590. The first-order chi connectivity index (χ1) is 21.5. The Morgan fingerprint density at radius 3 is 1.41 bits per heavy atom. The maximum Gasteiger partial charge on any atom is 0.271 e. The molecule has 6 aromatic heterocycles. The van der Waals surface area contributed by atoms with E-state index in [1.807, 2.05) is 59.3 Å². The second-order valence-corrected chi connectivity index (χ2v) is 15.6. The van der Waals surface area contributed by atoms with Gasteiger partial charge in [-0.05, 0) is 47.2 Å². The monoisotopic (exact) mass is 672 g/mol. The van der Waals surface area contributed by atoms with Gasteiger partial charge in [0.1, 0.15) is 0 Å². The van der Waals surface area contributed by atoms with Crippen molar-refractivity contribution in [3.8, 4) is 12.1 Å². The van der Waals surface area contributed by atoms with E-state index in [1.54, 1.807) is 0 Å². The van der Waals surface area contributed by atoms with Gasteiger partial charge < -0.3 is 0 Å². The Labute approximate surface area is 271 Å². The third kappa shape index (κ3) is 3.56. The number of hydrogen-bond acceptors (Lipinski definition) is 10. The summed E-state index contributed by atoms with van der Waals surface area (Å²) in [6, 6.07) is 15.4. The van der Waals surface area contributed by atoms with Crippen LogP contribution in [0.15, 0.2) is 58.6 Å². The first-order valence-corrected chi connectivity index (χ1v) is 17.6. The van der Waals surface area contributed by atoms with Crippen LogP contribution in [0.4, 0.5) is 0 Å². The molecule has 8 rings (SSSR count). The molecule has 0 aliphatic heterocycles. The van der Waals surface area contributed by atoms with E-state index in [4.69, 9.17) is 13.1 Å². The van der Waals surface area contributed by atoms with Gasteiger partial charge in [-0.2, -0.15) is 0 Å². The molecule has 204 valence electrons. The molecule has 0 aromatic carbocycles. The van der Waals surface area contributed by atoms with Crippen molar-refractivity contribution < 1.29 is 9.59 Å². The molecule has 0 bridgehead atoms. The summed E-state index contributed by atoms with van der Waals surface area (Å²) in [5.74, 6) is -0.368. The predicted octanol–water partition coefficient (Wildman–Crippen LogP) is 8.05. The van der Waals surface area contributed by atoms with E-state index in [1.165, 1.54) is 68.0 Å². The Morgan fingerprint density at radius 2 is 1.02 bits per heavy atom. The number of nitriles is 2. The number of hydrogen-bond donors (Lipinski definition) is 0. The van der Waals surface area contributed by atoms with Gasteiger partial charge >= 0.3 is 0 Å². The van der Waals surface area contributed by atoms with E-state index in [0.29, 0.717) is 52.2 Å². The molecule has 0 saturated carbocycles. The molecular formula is C32H8N4O2S6. The van der Waals surface area contributed by atoms with Gasteiger partial charge in [0.2, 0.25) is 0 Å². The van der Waals surface area contributed by atoms with E-state index < -0.39 is 0 Å². The molecule has 6 heterocycles. The van der Waals surface area contributed by atoms with Gasteiger partial charge in [-0.25, -0.2) is 20.2 Å². The highest BCUT2D eigenvalue weighted by Gasteiger charge is 2.38. The first-order valence-electron chi connectivity index (χ1n) is 12.6. The van der Waals surface area contributed by atoms with Crippen molar-refractivity contribution in [3.05, 3.63) is 120 Å². The van der Waals surface area contributed by atoms with E-state index in [2.05, 4.69) is 9.69 Å². The minimum atomic E-state index is -0.184. The minimum absolute atomic E-state index is 0.106. The Balaban J connectivity index is 1.38. The molecule has 44 heavy (non-hydrogen) atoms. The number of Topliss-reactive ketones (excluding diaryl/α,β-unsaturated/α-hetero) is 2. The average molecular weight is 673 g/mol. The highest BCUT2D eigenvalue weighted by Crippen LogP contribution is 2.50. The zero-order valence-electron chi connectivity index (χ0n) is 21.7. The summed E-state index contributed by atoms with van der Waals surface area (Å²) in [7, 11) is 0. The molecule has 2 aliphatic carbocycles. The molecule has 0 atom stereocenters. The molecule has 6 nitrogen and oxygen atoms in total. The van der Waals surface area contributed by atoms with Crippen LogP contribution in [0.5, 0.6) is 0 Å². The summed E-state index contributed by atoms with van der Waals surface area (Å²) in [5.41, 5.74) is 2.44. The summed E-state index contributed by atoms with van der Waals surface area (Å²) < 4.78 is 6.69. The lowest BCUT2D eigenvalue weighted by Crippen LogP contribution is -2.06. The second kappa shape index (κ2) is 9.89. The van der Waals surface area contributed by atoms with Crippen molar-refractivity contribution in [2.45, 2.75) is 0 Å². The van der Waals surface area contributed by atoms with Crippen LogP contribution in [0, 0.1) is 44.9 Å². The molecule has 0 N–H and O–H groups in total. The van der Waals surface area contributed by atoms with Gasteiger partial charge in [-0.1, -0.05) is 0 Å². The molecule has 0 radical (unpaired) electrons. The summed E-state index contributed by atoms with van der Waals surface area (Å²) >= 11 is 8.58. The zero-order chi connectivity index (χ0) is 30.3. The van der Waals surface area contributed by atoms with Crippen molar-refractivity contribution in [2.75, 3.05) is 0 Å². The van der Waals surface area contributed by atoms with Crippen molar-refractivity contribution >= 4 is 121 Å². The van der Waals surface area contributed by atoms with Crippen molar-refractivity contribution in [1.29, 1.82) is 10.5 Å². The number of fused-ring (bicyclic) bond motifs is 6. The number of rotatable bonds is 0. The third-order valence-corrected chi connectivity index (χ3v) is 14.2. The van der Waals surface area contributed by atoms with Crippen molar-refractivity contribution in [2.24, 2.45) is 0 Å². The largest absolute Gasteiger partial charge is 0.288 e. The van der Waals surface area contributed by atoms with E-state index in [-0.39, 0.29) is 23.0 Å². The lowest BCUT2D eigenvalue weighted by atomic mass is 10.1. The van der Waals surface area contributed by atoms with Crippen LogP contribution in [0.3, 0.4) is 0 Å². The SMILES string of the molecule is [C-]#[N+]/C(C#N)=C1/C(=c2\cc/c(=c3/cc/c(=C4/C(=O)c5c(sc6ccsc56)/C4=C(\C#N)[N+]#[C-])s3)s2)C(=O)c2c1sc1ccsc21. The average Bonchev–Trinajstić information content (AvgIpc) is 3.85. The molecule has 0 amide bonds. The van der Waals surface area contributed by atoms with Gasteiger partial charge in [0.25, 0.3) is 11.4 Å². The summed E-state index contributed by atoms with van der Waals surface area (Å²) in [6.45, 7) is 15.3. The Morgan fingerprint density at radius 1 is 0.614 bits per heavy atom. The van der Waals surface area contributed by atoms with Gasteiger partial charge in [-0.3, -0.25) is 9.59 Å². The lowest BCUT2D eigenvalue weighted by Gasteiger charge is -1.99. The lowest BCUT2D eigenvalue weighted by molar-refractivity contribution is 0.105. The first kappa shape index (κ1) is 26.8. The topological polar surface area (TPSA) is 90.4 Å². The fourth-order valence-electron chi connectivity index (χ4n) is 5.52. The second-order valence-electron chi connectivity index (χ2n) is 9.47. The van der Waals surface area contributed by atoms with Crippen LogP contribution >= 0.6 is 68.0 Å². The summed E-state index contributed by atoms with van der Waals surface area (Å²) in [4.78, 5) is 35.9. The molecule has 0 unspecified atom stereocenters. The number of carbonyl (C=O) groups is 2. The number of carbonyl (C=O) groups excluding carboxylic acids is 2. The molecule has 0 fully saturated rings. The number of ketones is 2. The Kier molecular flexibility index (Phi) is 6.03. The van der Waals surface area contributed by atoms with Crippen LogP contribution < -0.4 is 9.06 Å². The molecular weight excluding hydrogens is 665 g/mol. The fraction of sp³-hybridized carbons (Fsp3) is 0. The van der Waals surface area contributed by atoms with Crippen LogP contribution in [0.1, 0.15) is 30.5 Å². The van der Waals surface area contributed by atoms with E-state index >= 15 is 0 Å². The van der Waals surface area contributed by atoms with Crippen LogP contribution in [0.25, 0.3) is 50.8 Å². The minimum Gasteiger partial charge on any atom is -0.288 e.